The van der Waals surface area contributed by atoms with Gasteiger partial charge in [-0.15, -0.1) is 0 Å². The highest BCUT2D eigenvalue weighted by Crippen LogP contribution is 2.10. The zero-order valence-corrected chi connectivity index (χ0v) is 12.8. The van der Waals surface area contributed by atoms with Crippen molar-refractivity contribution in [2.45, 2.75) is 32.9 Å². The van der Waals surface area contributed by atoms with Crippen LogP contribution in [-0.4, -0.2) is 24.1 Å². The SMILES string of the molecule is COC(=O)c1ccc(CNC(C)Cc2ccccc2C)[nH]1. The molecule has 4 heteroatoms. The van der Waals surface area contributed by atoms with Crippen LogP contribution in [0.2, 0.25) is 0 Å². The molecule has 2 N–H and O–H groups in total. The molecule has 112 valence electrons. The summed E-state index contributed by atoms with van der Waals surface area (Å²) < 4.78 is 4.68. The molecule has 0 saturated carbocycles. The van der Waals surface area contributed by atoms with Crippen LogP contribution in [0.15, 0.2) is 36.4 Å². The first-order chi connectivity index (χ1) is 10.1. The van der Waals surface area contributed by atoms with E-state index in [1.807, 2.05) is 6.07 Å². The molecule has 1 unspecified atom stereocenters. The molecule has 0 aliphatic rings. The lowest BCUT2D eigenvalue weighted by molar-refractivity contribution is 0.0594. The van der Waals surface area contributed by atoms with E-state index in [-0.39, 0.29) is 5.97 Å². The zero-order chi connectivity index (χ0) is 15.2. The number of methoxy groups -OCH3 is 1. The van der Waals surface area contributed by atoms with Gasteiger partial charge in [-0.2, -0.15) is 0 Å². The van der Waals surface area contributed by atoms with E-state index in [1.54, 1.807) is 6.07 Å². The highest BCUT2D eigenvalue weighted by molar-refractivity contribution is 5.87. The number of carbonyl (C=O) groups is 1. The van der Waals surface area contributed by atoms with Gasteiger partial charge in [0, 0.05) is 18.3 Å². The van der Waals surface area contributed by atoms with Gasteiger partial charge >= 0.3 is 5.97 Å². The number of benzene rings is 1. The van der Waals surface area contributed by atoms with Gasteiger partial charge in [0.05, 0.1) is 7.11 Å². The van der Waals surface area contributed by atoms with Crippen LogP contribution in [0.3, 0.4) is 0 Å². The standard InChI is InChI=1S/C17H22N2O2/c1-12-6-4-5-7-14(12)10-13(2)18-11-15-8-9-16(19-15)17(20)21-3/h4-9,13,18-19H,10-11H2,1-3H3. The number of aryl methyl sites for hydroxylation is 1. The summed E-state index contributed by atoms with van der Waals surface area (Å²) in [4.78, 5) is 14.4. The zero-order valence-electron chi connectivity index (χ0n) is 12.8. The summed E-state index contributed by atoms with van der Waals surface area (Å²) in [6, 6.07) is 12.4. The molecule has 1 aromatic heterocycles. The Bertz CT molecular complexity index is 604. The summed E-state index contributed by atoms with van der Waals surface area (Å²) >= 11 is 0. The van der Waals surface area contributed by atoms with E-state index in [0.717, 1.165) is 12.1 Å². The lowest BCUT2D eigenvalue weighted by atomic mass is 10.0. The Kier molecular flexibility index (Phi) is 5.17. The van der Waals surface area contributed by atoms with Crippen molar-refractivity contribution >= 4 is 5.97 Å². The number of rotatable bonds is 6. The van der Waals surface area contributed by atoms with Gasteiger partial charge in [0.25, 0.3) is 0 Å². The Morgan fingerprint density at radius 2 is 2.05 bits per heavy atom. The van der Waals surface area contributed by atoms with Gasteiger partial charge in [0.1, 0.15) is 5.69 Å². The van der Waals surface area contributed by atoms with Crippen molar-refractivity contribution < 1.29 is 9.53 Å². The fraction of sp³-hybridized carbons (Fsp3) is 0.353. The molecule has 4 nitrogen and oxygen atoms in total. The minimum Gasteiger partial charge on any atom is -0.464 e. The third kappa shape index (κ3) is 4.20. The molecule has 0 aliphatic carbocycles. The molecule has 21 heavy (non-hydrogen) atoms. The van der Waals surface area contributed by atoms with Crippen molar-refractivity contribution in [3.05, 3.63) is 58.9 Å². The van der Waals surface area contributed by atoms with Crippen LogP contribution in [0.1, 0.15) is 34.2 Å². The number of aromatic nitrogens is 1. The summed E-state index contributed by atoms with van der Waals surface area (Å²) in [6.45, 7) is 5.00. The molecule has 0 saturated heterocycles. The number of esters is 1. The van der Waals surface area contributed by atoms with Gasteiger partial charge in [0.2, 0.25) is 0 Å². The molecule has 0 aliphatic heterocycles. The summed E-state index contributed by atoms with van der Waals surface area (Å²) in [6.07, 6.45) is 0.983. The summed E-state index contributed by atoms with van der Waals surface area (Å²) in [5.74, 6) is -0.339. The normalized spacial score (nSPS) is 12.1. The Morgan fingerprint density at radius 1 is 1.29 bits per heavy atom. The van der Waals surface area contributed by atoms with Crippen molar-refractivity contribution in [1.82, 2.24) is 10.3 Å². The van der Waals surface area contributed by atoms with E-state index in [1.165, 1.54) is 18.2 Å². The predicted octanol–water partition coefficient (Wildman–Crippen LogP) is 2.83. The third-order valence-electron chi connectivity index (χ3n) is 3.58. The summed E-state index contributed by atoms with van der Waals surface area (Å²) in [5, 5.41) is 3.46. The minimum absolute atomic E-state index is 0.339. The van der Waals surface area contributed by atoms with E-state index < -0.39 is 0 Å². The van der Waals surface area contributed by atoms with E-state index in [0.29, 0.717) is 18.3 Å². The molecule has 0 fully saturated rings. The molecule has 0 spiro atoms. The smallest absolute Gasteiger partial charge is 0.354 e. The van der Waals surface area contributed by atoms with E-state index in [9.17, 15) is 4.79 Å². The quantitative estimate of drug-likeness (QED) is 0.803. The second-order valence-corrected chi connectivity index (χ2v) is 5.30. The Labute approximate surface area is 125 Å². The second kappa shape index (κ2) is 7.09. The molecule has 1 atom stereocenters. The van der Waals surface area contributed by atoms with Gasteiger partial charge in [-0.3, -0.25) is 0 Å². The Balaban J connectivity index is 1.86. The van der Waals surface area contributed by atoms with Crippen molar-refractivity contribution in [3.8, 4) is 0 Å². The van der Waals surface area contributed by atoms with Gasteiger partial charge in [-0.05, 0) is 43.5 Å². The number of nitrogens with one attached hydrogen (secondary N) is 2. The van der Waals surface area contributed by atoms with Crippen molar-refractivity contribution in [1.29, 1.82) is 0 Å². The fourth-order valence-electron chi connectivity index (χ4n) is 2.30. The molecule has 1 heterocycles. The summed E-state index contributed by atoms with van der Waals surface area (Å²) in [5.41, 5.74) is 4.14. The van der Waals surface area contributed by atoms with E-state index >= 15 is 0 Å². The van der Waals surface area contributed by atoms with Gasteiger partial charge in [-0.25, -0.2) is 4.79 Å². The van der Waals surface area contributed by atoms with Crippen molar-refractivity contribution in [3.63, 3.8) is 0 Å². The van der Waals surface area contributed by atoms with E-state index in [4.69, 9.17) is 0 Å². The van der Waals surface area contributed by atoms with Crippen LogP contribution in [0, 0.1) is 6.92 Å². The molecule has 2 rings (SSSR count). The van der Waals surface area contributed by atoms with Gasteiger partial charge in [-0.1, -0.05) is 24.3 Å². The predicted molar refractivity (Wildman–Crippen MR) is 83.3 cm³/mol. The minimum atomic E-state index is -0.339. The molecule has 2 aromatic rings. The van der Waals surface area contributed by atoms with Crippen molar-refractivity contribution in [2.75, 3.05) is 7.11 Å². The molecule has 0 radical (unpaired) electrons. The maximum atomic E-state index is 11.4. The number of hydrogen-bond acceptors (Lipinski definition) is 3. The number of ether oxygens (including phenoxy) is 1. The summed E-state index contributed by atoms with van der Waals surface area (Å²) in [7, 11) is 1.38. The van der Waals surface area contributed by atoms with Gasteiger partial charge in [0.15, 0.2) is 0 Å². The monoisotopic (exact) mass is 286 g/mol. The molecule has 0 bridgehead atoms. The first-order valence-corrected chi connectivity index (χ1v) is 7.14. The number of carbonyl (C=O) groups excluding carboxylic acids is 1. The molecular formula is C17H22N2O2. The van der Waals surface area contributed by atoms with Crippen LogP contribution in [0.4, 0.5) is 0 Å². The molecule has 0 amide bonds. The molecular weight excluding hydrogens is 264 g/mol. The lowest BCUT2D eigenvalue weighted by Crippen LogP contribution is -2.28. The average molecular weight is 286 g/mol. The van der Waals surface area contributed by atoms with Gasteiger partial charge < -0.3 is 15.0 Å². The number of H-pyrrole nitrogens is 1. The van der Waals surface area contributed by atoms with E-state index in [2.05, 4.69) is 53.2 Å². The fourth-order valence-corrected chi connectivity index (χ4v) is 2.30. The highest BCUT2D eigenvalue weighted by Gasteiger charge is 2.09. The number of hydrogen-bond donors (Lipinski definition) is 2. The van der Waals surface area contributed by atoms with Crippen LogP contribution in [0.25, 0.3) is 0 Å². The van der Waals surface area contributed by atoms with Crippen LogP contribution in [0.5, 0.6) is 0 Å². The number of aromatic amines is 1. The maximum Gasteiger partial charge on any atom is 0.354 e. The first-order valence-electron chi connectivity index (χ1n) is 7.14. The highest BCUT2D eigenvalue weighted by atomic mass is 16.5. The van der Waals surface area contributed by atoms with Crippen molar-refractivity contribution in [2.24, 2.45) is 0 Å². The Hall–Kier alpha value is -2.07. The van der Waals surface area contributed by atoms with Crippen LogP contribution < -0.4 is 5.32 Å². The average Bonchev–Trinajstić information content (AvgIpc) is 2.96. The maximum absolute atomic E-state index is 11.4. The molecule has 1 aromatic carbocycles. The topological polar surface area (TPSA) is 54.1 Å². The largest absolute Gasteiger partial charge is 0.464 e. The lowest BCUT2D eigenvalue weighted by Gasteiger charge is -2.14. The van der Waals surface area contributed by atoms with Crippen LogP contribution in [-0.2, 0) is 17.7 Å². The van der Waals surface area contributed by atoms with Crippen LogP contribution >= 0.6 is 0 Å². The second-order valence-electron chi connectivity index (χ2n) is 5.30. The third-order valence-corrected chi connectivity index (χ3v) is 3.58. The first kappa shape index (κ1) is 15.3. The Morgan fingerprint density at radius 3 is 2.76 bits per heavy atom.